The highest BCUT2D eigenvalue weighted by atomic mass is 16.6. The molecule has 134 valence electrons. The van der Waals surface area contributed by atoms with Gasteiger partial charge in [-0.25, -0.2) is 4.79 Å². The molecular weight excluding hydrogens is 302 g/mol. The molecule has 0 aromatic heterocycles. The van der Waals surface area contributed by atoms with Crippen molar-refractivity contribution in [2.75, 3.05) is 31.1 Å². The summed E-state index contributed by atoms with van der Waals surface area (Å²) in [6, 6.07) is 9.26. The molecule has 0 radical (unpaired) electrons. The van der Waals surface area contributed by atoms with Gasteiger partial charge in [0.15, 0.2) is 0 Å². The maximum Gasteiger partial charge on any atom is 0.407 e. The van der Waals surface area contributed by atoms with Gasteiger partial charge < -0.3 is 20.3 Å². The number of carbonyl (C=O) groups excluding carboxylic acids is 1. The average molecular weight is 333 g/mol. The summed E-state index contributed by atoms with van der Waals surface area (Å²) in [5.41, 5.74) is 2.16. The highest BCUT2D eigenvalue weighted by molar-refractivity contribution is 5.67. The molecular formula is C19H31N3O2. The quantitative estimate of drug-likeness (QED) is 0.814. The van der Waals surface area contributed by atoms with Gasteiger partial charge in [0.25, 0.3) is 0 Å². The number of ether oxygens (including phenoxy) is 1. The van der Waals surface area contributed by atoms with Crippen molar-refractivity contribution in [1.29, 1.82) is 0 Å². The lowest BCUT2D eigenvalue weighted by Crippen LogP contribution is -2.49. The Balaban J connectivity index is 1.77. The van der Waals surface area contributed by atoms with Gasteiger partial charge >= 0.3 is 6.09 Å². The fraction of sp³-hybridized carbons (Fsp3) is 0.632. The Morgan fingerprint density at radius 1 is 1.42 bits per heavy atom. The lowest BCUT2D eigenvalue weighted by Gasteiger charge is -2.33. The van der Waals surface area contributed by atoms with Gasteiger partial charge in [0.05, 0.1) is 0 Å². The molecule has 0 aliphatic carbocycles. The first kappa shape index (κ1) is 18.6. The molecule has 5 nitrogen and oxygen atoms in total. The molecule has 1 aromatic carbocycles. The van der Waals surface area contributed by atoms with E-state index in [9.17, 15) is 4.79 Å². The standard InChI is InChI=1S/C19H31N3O2/c1-15-14-22(12-11-20-15)17-9-5-7-16(13-17)8-6-10-21-18(23)24-19(2,3)4/h5,7,9,13,15,20H,6,8,10-12,14H2,1-4H3,(H,21,23)/t15-/m0/s1. The molecule has 2 N–H and O–H groups in total. The molecule has 1 amide bonds. The van der Waals surface area contributed by atoms with Crippen molar-refractivity contribution in [3.63, 3.8) is 0 Å². The molecule has 0 unspecified atom stereocenters. The minimum Gasteiger partial charge on any atom is -0.444 e. The van der Waals surface area contributed by atoms with E-state index in [4.69, 9.17) is 4.74 Å². The molecule has 1 aliphatic rings. The first-order valence-corrected chi connectivity index (χ1v) is 8.87. The lowest BCUT2D eigenvalue weighted by atomic mass is 10.1. The molecule has 5 heteroatoms. The van der Waals surface area contributed by atoms with Gasteiger partial charge in [0.1, 0.15) is 5.60 Å². The number of carbonyl (C=O) groups is 1. The van der Waals surface area contributed by atoms with Crippen molar-refractivity contribution in [2.24, 2.45) is 0 Å². The third-order valence-corrected chi connectivity index (χ3v) is 3.95. The van der Waals surface area contributed by atoms with Gasteiger partial charge in [0, 0.05) is 37.9 Å². The first-order chi connectivity index (χ1) is 11.3. The van der Waals surface area contributed by atoms with Crippen LogP contribution in [0.2, 0.25) is 0 Å². The molecule has 1 heterocycles. The molecule has 0 saturated carbocycles. The third-order valence-electron chi connectivity index (χ3n) is 3.95. The monoisotopic (exact) mass is 333 g/mol. The average Bonchev–Trinajstić information content (AvgIpc) is 2.50. The number of nitrogens with one attached hydrogen (secondary N) is 2. The number of hydrogen-bond donors (Lipinski definition) is 2. The Morgan fingerprint density at radius 3 is 2.92 bits per heavy atom. The Hall–Kier alpha value is -1.75. The van der Waals surface area contributed by atoms with Crippen molar-refractivity contribution in [3.8, 4) is 0 Å². The zero-order valence-electron chi connectivity index (χ0n) is 15.4. The zero-order chi connectivity index (χ0) is 17.6. The van der Waals surface area contributed by atoms with Crippen LogP contribution in [0.4, 0.5) is 10.5 Å². The highest BCUT2D eigenvalue weighted by Crippen LogP contribution is 2.18. The Labute approximate surface area is 145 Å². The van der Waals surface area contributed by atoms with Crippen LogP contribution in [0.15, 0.2) is 24.3 Å². The van der Waals surface area contributed by atoms with E-state index in [1.54, 1.807) is 0 Å². The number of benzene rings is 1. The summed E-state index contributed by atoms with van der Waals surface area (Å²) < 4.78 is 5.24. The van der Waals surface area contributed by atoms with Crippen molar-refractivity contribution in [2.45, 2.75) is 52.2 Å². The van der Waals surface area contributed by atoms with Crippen LogP contribution in [-0.4, -0.2) is 43.9 Å². The summed E-state index contributed by atoms with van der Waals surface area (Å²) in [5.74, 6) is 0. The van der Waals surface area contributed by atoms with E-state index in [2.05, 4.69) is 46.7 Å². The van der Waals surface area contributed by atoms with Crippen LogP contribution in [0, 0.1) is 0 Å². The van der Waals surface area contributed by atoms with Gasteiger partial charge in [-0.3, -0.25) is 0 Å². The normalized spacial score (nSPS) is 18.3. The lowest BCUT2D eigenvalue weighted by molar-refractivity contribution is 0.0527. The number of nitrogens with zero attached hydrogens (tertiary/aromatic N) is 1. The molecule has 24 heavy (non-hydrogen) atoms. The zero-order valence-corrected chi connectivity index (χ0v) is 15.4. The minimum absolute atomic E-state index is 0.342. The van der Waals surface area contributed by atoms with Crippen LogP contribution in [0.25, 0.3) is 0 Å². The van der Waals surface area contributed by atoms with E-state index in [0.29, 0.717) is 12.6 Å². The summed E-state index contributed by atoms with van der Waals surface area (Å²) in [6.45, 7) is 11.6. The van der Waals surface area contributed by atoms with E-state index < -0.39 is 5.60 Å². The van der Waals surface area contributed by atoms with Crippen molar-refractivity contribution < 1.29 is 9.53 Å². The van der Waals surface area contributed by atoms with E-state index in [0.717, 1.165) is 32.5 Å². The number of amides is 1. The molecule has 1 saturated heterocycles. The van der Waals surface area contributed by atoms with E-state index in [1.807, 2.05) is 20.8 Å². The fourth-order valence-electron chi connectivity index (χ4n) is 2.87. The number of alkyl carbamates (subject to hydrolysis) is 1. The number of hydrogen-bond acceptors (Lipinski definition) is 4. The Bertz CT molecular complexity index is 540. The SMILES string of the molecule is C[C@H]1CN(c2cccc(CCCNC(=O)OC(C)(C)C)c2)CCN1. The first-order valence-electron chi connectivity index (χ1n) is 8.87. The van der Waals surface area contributed by atoms with E-state index >= 15 is 0 Å². The molecule has 2 rings (SSSR count). The molecule has 1 aliphatic heterocycles. The maximum atomic E-state index is 11.6. The number of piperazine rings is 1. The van der Waals surface area contributed by atoms with Crippen molar-refractivity contribution in [3.05, 3.63) is 29.8 Å². The minimum atomic E-state index is -0.446. The van der Waals surface area contributed by atoms with Crippen molar-refractivity contribution in [1.82, 2.24) is 10.6 Å². The van der Waals surface area contributed by atoms with Gasteiger partial charge in [-0.2, -0.15) is 0 Å². The topological polar surface area (TPSA) is 53.6 Å². The van der Waals surface area contributed by atoms with Gasteiger partial charge in [-0.15, -0.1) is 0 Å². The number of aryl methyl sites for hydroxylation is 1. The second-order valence-electron chi connectivity index (χ2n) is 7.50. The summed E-state index contributed by atoms with van der Waals surface area (Å²) >= 11 is 0. The van der Waals surface area contributed by atoms with Crippen LogP contribution in [0.1, 0.15) is 39.7 Å². The molecule has 0 spiro atoms. The summed E-state index contributed by atoms with van der Waals surface area (Å²) in [4.78, 5) is 14.0. The van der Waals surface area contributed by atoms with E-state index in [-0.39, 0.29) is 6.09 Å². The summed E-state index contributed by atoms with van der Waals surface area (Å²) in [7, 11) is 0. The molecule has 1 fully saturated rings. The largest absolute Gasteiger partial charge is 0.444 e. The molecule has 1 atom stereocenters. The summed E-state index contributed by atoms with van der Waals surface area (Å²) in [5, 5.41) is 6.28. The highest BCUT2D eigenvalue weighted by Gasteiger charge is 2.16. The van der Waals surface area contributed by atoms with Crippen LogP contribution in [0.5, 0.6) is 0 Å². The van der Waals surface area contributed by atoms with Crippen molar-refractivity contribution >= 4 is 11.8 Å². The van der Waals surface area contributed by atoms with Crippen LogP contribution >= 0.6 is 0 Å². The number of anilines is 1. The van der Waals surface area contributed by atoms with Crippen LogP contribution < -0.4 is 15.5 Å². The Morgan fingerprint density at radius 2 is 2.21 bits per heavy atom. The second kappa shape index (κ2) is 8.38. The predicted octanol–water partition coefficient (Wildman–Crippen LogP) is 2.94. The smallest absolute Gasteiger partial charge is 0.407 e. The van der Waals surface area contributed by atoms with Crippen LogP contribution in [0.3, 0.4) is 0 Å². The van der Waals surface area contributed by atoms with Gasteiger partial charge in [-0.1, -0.05) is 12.1 Å². The van der Waals surface area contributed by atoms with Gasteiger partial charge in [0.2, 0.25) is 0 Å². The van der Waals surface area contributed by atoms with Crippen LogP contribution in [-0.2, 0) is 11.2 Å². The predicted molar refractivity (Wildman–Crippen MR) is 98.7 cm³/mol. The second-order valence-corrected chi connectivity index (χ2v) is 7.50. The number of rotatable bonds is 5. The van der Waals surface area contributed by atoms with E-state index in [1.165, 1.54) is 11.3 Å². The third kappa shape index (κ3) is 6.40. The maximum absolute atomic E-state index is 11.6. The van der Waals surface area contributed by atoms with Gasteiger partial charge in [-0.05, 0) is 58.2 Å². The molecule has 1 aromatic rings. The summed E-state index contributed by atoms with van der Waals surface area (Å²) in [6.07, 6.45) is 1.51. The molecule has 0 bridgehead atoms. The fourth-order valence-corrected chi connectivity index (χ4v) is 2.87. The Kier molecular flexibility index (Phi) is 6.49.